The summed E-state index contributed by atoms with van der Waals surface area (Å²) < 4.78 is 0. The zero-order valence-electron chi connectivity index (χ0n) is 14.6. The summed E-state index contributed by atoms with van der Waals surface area (Å²) in [6.07, 6.45) is 4.79. The minimum Gasteiger partial charge on any atom is -0.340 e. The van der Waals surface area contributed by atoms with E-state index in [1.165, 1.54) is 6.20 Å². The number of benzene rings is 1. The van der Waals surface area contributed by atoms with Crippen molar-refractivity contribution in [3.8, 4) is 11.1 Å². The lowest BCUT2D eigenvalue weighted by Crippen LogP contribution is -2.14. The van der Waals surface area contributed by atoms with E-state index in [9.17, 15) is 4.79 Å². The van der Waals surface area contributed by atoms with Crippen molar-refractivity contribution in [2.75, 3.05) is 10.6 Å². The fraction of sp³-hybridized carbons (Fsp3) is 0. The van der Waals surface area contributed by atoms with Gasteiger partial charge in [0.25, 0.3) is 5.91 Å². The van der Waals surface area contributed by atoms with Crippen molar-refractivity contribution in [2.45, 2.75) is 0 Å². The number of nitrogens with zero attached hydrogens (tertiary/aromatic N) is 3. The molecule has 3 aromatic heterocycles. The summed E-state index contributed by atoms with van der Waals surface area (Å²) in [4.78, 5) is 20.8. The van der Waals surface area contributed by atoms with Crippen LogP contribution in [0.15, 0.2) is 73.2 Å². The molecule has 8 heteroatoms. The van der Waals surface area contributed by atoms with Crippen molar-refractivity contribution in [1.29, 1.82) is 0 Å². The van der Waals surface area contributed by atoms with Gasteiger partial charge in [-0.15, -0.1) is 0 Å². The molecule has 28 heavy (non-hydrogen) atoms. The largest absolute Gasteiger partial charge is 0.340 e. The lowest BCUT2D eigenvalue weighted by atomic mass is 10.1. The third-order valence-corrected chi connectivity index (χ3v) is 4.24. The Morgan fingerprint density at radius 1 is 0.929 bits per heavy atom. The second-order valence-electron chi connectivity index (χ2n) is 5.89. The molecule has 0 atom stereocenters. The molecule has 0 aliphatic rings. The molecule has 0 bridgehead atoms. The Morgan fingerprint density at radius 3 is 2.29 bits per heavy atom. The smallest absolute Gasteiger partial charge is 0.278 e. The third kappa shape index (κ3) is 3.99. The summed E-state index contributed by atoms with van der Waals surface area (Å²) in [5.74, 6) is 0.683. The quantitative estimate of drug-likeness (QED) is 0.465. The maximum absolute atomic E-state index is 12.3. The first-order valence-electron chi connectivity index (χ1n) is 8.44. The number of hydrogen-bond donors (Lipinski definition) is 3. The molecule has 0 aliphatic carbocycles. The summed E-state index contributed by atoms with van der Waals surface area (Å²) in [7, 11) is 0. The highest BCUT2D eigenvalue weighted by Gasteiger charge is 2.14. The van der Waals surface area contributed by atoms with Gasteiger partial charge >= 0.3 is 0 Å². The molecule has 0 radical (unpaired) electrons. The summed E-state index contributed by atoms with van der Waals surface area (Å²) in [6, 6.07) is 17.3. The number of aromatic amines is 1. The first-order valence-corrected chi connectivity index (χ1v) is 8.82. The summed E-state index contributed by atoms with van der Waals surface area (Å²) in [5, 5.41) is 12.6. The molecule has 0 aliphatic heterocycles. The predicted octanol–water partition coefficient (Wildman–Crippen LogP) is 4.52. The van der Waals surface area contributed by atoms with E-state index in [0.29, 0.717) is 5.82 Å². The number of carbonyl (C=O) groups excluding carboxylic acids is 1. The lowest BCUT2D eigenvalue weighted by Gasteiger charge is -2.09. The fourth-order valence-corrected chi connectivity index (χ4v) is 2.81. The van der Waals surface area contributed by atoms with Crippen LogP contribution in [0, 0.1) is 0 Å². The molecule has 0 unspecified atom stereocenters. The summed E-state index contributed by atoms with van der Waals surface area (Å²) in [6.45, 7) is 0. The van der Waals surface area contributed by atoms with E-state index in [2.05, 4.69) is 30.8 Å². The van der Waals surface area contributed by atoms with Gasteiger partial charge in [-0.1, -0.05) is 29.8 Å². The first kappa shape index (κ1) is 17.7. The van der Waals surface area contributed by atoms with E-state index < -0.39 is 5.91 Å². The fourth-order valence-electron chi connectivity index (χ4n) is 2.64. The highest BCUT2D eigenvalue weighted by molar-refractivity contribution is 6.34. The molecule has 1 amide bonds. The number of carbonyl (C=O) groups is 1. The van der Waals surface area contributed by atoms with E-state index in [4.69, 9.17) is 11.6 Å². The van der Waals surface area contributed by atoms with Crippen LogP contribution in [0.3, 0.4) is 0 Å². The van der Waals surface area contributed by atoms with Crippen molar-refractivity contribution < 1.29 is 4.79 Å². The molecule has 1 aromatic carbocycles. The number of H-pyrrole nitrogens is 1. The number of hydrogen-bond acceptors (Lipinski definition) is 5. The molecule has 3 heterocycles. The van der Waals surface area contributed by atoms with Gasteiger partial charge in [-0.25, -0.2) is 9.97 Å². The van der Waals surface area contributed by atoms with Crippen LogP contribution in [0.2, 0.25) is 5.02 Å². The Balaban J connectivity index is 1.55. The molecular weight excluding hydrogens is 376 g/mol. The SMILES string of the molecule is O=C(Nc1cc(-c2ccnc(Nc3ccccc3)c2)ccn1)c1n[nH]cc1Cl. The topological polar surface area (TPSA) is 95.6 Å². The molecule has 0 fully saturated rings. The summed E-state index contributed by atoms with van der Waals surface area (Å²) in [5.41, 5.74) is 2.89. The van der Waals surface area contributed by atoms with Gasteiger partial charge in [0, 0.05) is 24.3 Å². The van der Waals surface area contributed by atoms with Crippen LogP contribution in [0.4, 0.5) is 17.3 Å². The first-order chi connectivity index (χ1) is 13.7. The van der Waals surface area contributed by atoms with E-state index in [-0.39, 0.29) is 10.7 Å². The number of pyridine rings is 2. The maximum atomic E-state index is 12.3. The Hall–Kier alpha value is -3.71. The Labute approximate surface area is 165 Å². The Bertz CT molecular complexity index is 1110. The monoisotopic (exact) mass is 390 g/mol. The highest BCUT2D eigenvalue weighted by Crippen LogP contribution is 2.25. The number of halogens is 1. The van der Waals surface area contributed by atoms with Gasteiger partial charge in [-0.05, 0) is 47.5 Å². The number of amides is 1. The maximum Gasteiger partial charge on any atom is 0.278 e. The van der Waals surface area contributed by atoms with Crippen LogP contribution >= 0.6 is 11.6 Å². The minimum atomic E-state index is -0.433. The second kappa shape index (κ2) is 7.89. The van der Waals surface area contributed by atoms with Gasteiger partial charge in [-0.2, -0.15) is 5.10 Å². The van der Waals surface area contributed by atoms with Gasteiger partial charge < -0.3 is 10.6 Å². The van der Waals surface area contributed by atoms with Gasteiger partial charge in [0.15, 0.2) is 5.69 Å². The Kier molecular flexibility index (Phi) is 4.99. The standard InChI is InChI=1S/C20H15ClN6O/c21-16-12-24-27-19(16)20(28)26-18-11-14(7-9-23-18)13-6-8-22-17(10-13)25-15-4-2-1-3-5-15/h1-12H,(H,22,25)(H,24,27)(H,23,26,28). The van der Waals surface area contributed by atoms with Crippen molar-refractivity contribution in [1.82, 2.24) is 20.2 Å². The molecule has 138 valence electrons. The van der Waals surface area contributed by atoms with Gasteiger partial charge in [0.05, 0.1) is 5.02 Å². The van der Waals surface area contributed by atoms with Gasteiger partial charge in [0.1, 0.15) is 11.6 Å². The van der Waals surface area contributed by atoms with Crippen molar-refractivity contribution in [3.05, 3.63) is 83.9 Å². The van der Waals surface area contributed by atoms with Crippen LogP contribution in [0.25, 0.3) is 11.1 Å². The zero-order chi connectivity index (χ0) is 19.3. The van der Waals surface area contributed by atoms with Gasteiger partial charge in [0.2, 0.25) is 0 Å². The lowest BCUT2D eigenvalue weighted by molar-refractivity contribution is 0.102. The van der Waals surface area contributed by atoms with Crippen LogP contribution in [-0.2, 0) is 0 Å². The Morgan fingerprint density at radius 2 is 1.61 bits per heavy atom. The average Bonchev–Trinajstić information content (AvgIpc) is 3.15. The highest BCUT2D eigenvalue weighted by atomic mass is 35.5. The normalized spacial score (nSPS) is 10.5. The van der Waals surface area contributed by atoms with Crippen LogP contribution in [0.5, 0.6) is 0 Å². The van der Waals surface area contributed by atoms with E-state index in [1.54, 1.807) is 18.5 Å². The number of nitrogens with one attached hydrogen (secondary N) is 3. The van der Waals surface area contributed by atoms with Crippen molar-refractivity contribution in [3.63, 3.8) is 0 Å². The second-order valence-corrected chi connectivity index (χ2v) is 6.29. The minimum absolute atomic E-state index is 0.118. The van der Waals surface area contributed by atoms with Crippen LogP contribution < -0.4 is 10.6 Å². The predicted molar refractivity (Wildman–Crippen MR) is 109 cm³/mol. The third-order valence-electron chi connectivity index (χ3n) is 3.95. The molecule has 0 saturated carbocycles. The van der Waals surface area contributed by atoms with E-state index in [1.807, 2.05) is 48.5 Å². The molecule has 3 N–H and O–H groups in total. The van der Waals surface area contributed by atoms with Crippen LogP contribution in [0.1, 0.15) is 10.5 Å². The zero-order valence-corrected chi connectivity index (χ0v) is 15.3. The molecule has 4 aromatic rings. The molecule has 7 nitrogen and oxygen atoms in total. The van der Waals surface area contributed by atoms with Gasteiger partial charge in [-0.3, -0.25) is 9.89 Å². The summed E-state index contributed by atoms with van der Waals surface area (Å²) >= 11 is 5.92. The molecule has 0 saturated heterocycles. The van der Waals surface area contributed by atoms with E-state index >= 15 is 0 Å². The van der Waals surface area contributed by atoms with Crippen LogP contribution in [-0.4, -0.2) is 26.1 Å². The number of anilines is 3. The number of aromatic nitrogens is 4. The van der Waals surface area contributed by atoms with E-state index in [0.717, 1.165) is 22.6 Å². The van der Waals surface area contributed by atoms with Crippen molar-refractivity contribution >= 4 is 34.8 Å². The number of para-hydroxylation sites is 1. The average molecular weight is 391 g/mol. The van der Waals surface area contributed by atoms with Crippen molar-refractivity contribution in [2.24, 2.45) is 0 Å². The molecule has 4 rings (SSSR count). The number of rotatable bonds is 5. The molecular formula is C20H15ClN6O. The molecule has 0 spiro atoms.